The number of hydrogen-bond donors (Lipinski definition) is 2. The SMILES string of the molecule is CCC(C)C(NC(=O)CN1CCCC(CO)C1)C(=O)OC. The summed E-state index contributed by atoms with van der Waals surface area (Å²) in [5.74, 6) is -0.278. The Morgan fingerprint density at radius 2 is 2.19 bits per heavy atom. The fraction of sp³-hybridized carbons (Fsp3) is 0.867. The second kappa shape index (κ2) is 9.00. The minimum absolute atomic E-state index is 0.0351. The molecule has 21 heavy (non-hydrogen) atoms. The van der Waals surface area contributed by atoms with Gasteiger partial charge in [0, 0.05) is 13.2 Å². The van der Waals surface area contributed by atoms with Gasteiger partial charge in [0.25, 0.3) is 0 Å². The van der Waals surface area contributed by atoms with E-state index in [0.29, 0.717) is 0 Å². The molecule has 122 valence electrons. The van der Waals surface area contributed by atoms with Crippen LogP contribution in [0.3, 0.4) is 0 Å². The highest BCUT2D eigenvalue weighted by Gasteiger charge is 2.28. The molecule has 0 radical (unpaired) electrons. The van der Waals surface area contributed by atoms with Gasteiger partial charge >= 0.3 is 5.97 Å². The zero-order valence-corrected chi connectivity index (χ0v) is 13.3. The molecule has 2 N–H and O–H groups in total. The van der Waals surface area contributed by atoms with Crippen molar-refractivity contribution in [2.45, 2.75) is 39.2 Å². The van der Waals surface area contributed by atoms with Crippen LogP contribution >= 0.6 is 0 Å². The minimum Gasteiger partial charge on any atom is -0.467 e. The maximum absolute atomic E-state index is 12.1. The number of piperidine rings is 1. The van der Waals surface area contributed by atoms with Gasteiger partial charge in [-0.1, -0.05) is 20.3 Å². The standard InChI is InChI=1S/C15H28N2O4/c1-4-11(2)14(15(20)21-3)16-13(19)9-17-7-5-6-12(8-17)10-18/h11-12,14,18H,4-10H2,1-3H3,(H,16,19). The number of rotatable bonds is 7. The predicted octanol–water partition coefficient (Wildman–Crippen LogP) is 0.395. The van der Waals surface area contributed by atoms with Gasteiger partial charge < -0.3 is 15.2 Å². The van der Waals surface area contributed by atoms with Crippen LogP contribution in [0.25, 0.3) is 0 Å². The summed E-state index contributed by atoms with van der Waals surface area (Å²) in [6, 6.07) is -0.592. The van der Waals surface area contributed by atoms with E-state index in [1.54, 1.807) is 0 Å². The number of carbonyl (C=O) groups is 2. The molecule has 1 rings (SSSR count). The van der Waals surface area contributed by atoms with Crippen molar-refractivity contribution in [2.75, 3.05) is 33.4 Å². The van der Waals surface area contributed by atoms with Gasteiger partial charge in [-0.2, -0.15) is 0 Å². The van der Waals surface area contributed by atoms with E-state index < -0.39 is 12.0 Å². The zero-order chi connectivity index (χ0) is 15.8. The summed E-state index contributed by atoms with van der Waals surface area (Å²) in [6.07, 6.45) is 2.78. The Balaban J connectivity index is 2.51. The van der Waals surface area contributed by atoms with Crippen molar-refractivity contribution in [1.82, 2.24) is 10.2 Å². The Bertz CT molecular complexity index is 349. The number of amides is 1. The lowest BCUT2D eigenvalue weighted by atomic mass is 9.98. The first-order chi connectivity index (χ1) is 10.0. The quantitative estimate of drug-likeness (QED) is 0.665. The summed E-state index contributed by atoms with van der Waals surface area (Å²) in [5.41, 5.74) is 0. The fourth-order valence-electron chi connectivity index (χ4n) is 2.66. The molecule has 1 heterocycles. The van der Waals surface area contributed by atoms with E-state index in [-0.39, 0.29) is 30.9 Å². The smallest absolute Gasteiger partial charge is 0.328 e. The van der Waals surface area contributed by atoms with Crippen molar-refractivity contribution in [2.24, 2.45) is 11.8 Å². The molecule has 1 saturated heterocycles. The first kappa shape index (κ1) is 17.9. The summed E-state index contributed by atoms with van der Waals surface area (Å²) >= 11 is 0. The molecule has 1 aliphatic rings. The summed E-state index contributed by atoms with van der Waals surface area (Å²) in [6.45, 7) is 5.91. The molecule has 0 aliphatic carbocycles. The molecule has 0 aromatic heterocycles. The van der Waals surface area contributed by atoms with Gasteiger partial charge in [-0.05, 0) is 31.2 Å². The number of hydrogen-bond acceptors (Lipinski definition) is 5. The van der Waals surface area contributed by atoms with E-state index in [1.807, 2.05) is 18.7 Å². The van der Waals surface area contributed by atoms with Gasteiger partial charge in [-0.3, -0.25) is 9.69 Å². The number of nitrogens with one attached hydrogen (secondary N) is 1. The second-order valence-electron chi connectivity index (χ2n) is 5.88. The molecule has 1 amide bonds. The maximum atomic E-state index is 12.1. The lowest BCUT2D eigenvalue weighted by Crippen LogP contribution is -2.50. The van der Waals surface area contributed by atoms with Gasteiger partial charge in [0.2, 0.25) is 5.91 Å². The van der Waals surface area contributed by atoms with Crippen LogP contribution in [-0.2, 0) is 14.3 Å². The normalized spacial score (nSPS) is 22.4. The van der Waals surface area contributed by atoms with Crippen molar-refractivity contribution < 1.29 is 19.4 Å². The van der Waals surface area contributed by atoms with Crippen molar-refractivity contribution in [1.29, 1.82) is 0 Å². The van der Waals surface area contributed by atoms with Gasteiger partial charge in [0.05, 0.1) is 13.7 Å². The van der Waals surface area contributed by atoms with Gasteiger partial charge in [0.15, 0.2) is 0 Å². The molecule has 0 aromatic carbocycles. The lowest BCUT2D eigenvalue weighted by molar-refractivity contribution is -0.146. The number of likely N-dealkylation sites (tertiary alicyclic amines) is 1. The van der Waals surface area contributed by atoms with Crippen molar-refractivity contribution >= 4 is 11.9 Å². The third kappa shape index (κ3) is 5.63. The van der Waals surface area contributed by atoms with Crippen LogP contribution in [0.2, 0.25) is 0 Å². The van der Waals surface area contributed by atoms with E-state index in [2.05, 4.69) is 5.32 Å². The molecular formula is C15H28N2O4. The van der Waals surface area contributed by atoms with Gasteiger partial charge in [-0.25, -0.2) is 4.79 Å². The van der Waals surface area contributed by atoms with Crippen molar-refractivity contribution in [3.8, 4) is 0 Å². The predicted molar refractivity (Wildman–Crippen MR) is 79.7 cm³/mol. The highest BCUT2D eigenvalue weighted by Crippen LogP contribution is 2.15. The average molecular weight is 300 g/mol. The number of carbonyl (C=O) groups excluding carboxylic acids is 2. The van der Waals surface area contributed by atoms with Crippen LogP contribution in [0.15, 0.2) is 0 Å². The largest absolute Gasteiger partial charge is 0.467 e. The fourth-order valence-corrected chi connectivity index (χ4v) is 2.66. The second-order valence-corrected chi connectivity index (χ2v) is 5.88. The highest BCUT2D eigenvalue weighted by molar-refractivity contribution is 5.85. The molecule has 6 heteroatoms. The molecular weight excluding hydrogens is 272 g/mol. The molecule has 3 atom stereocenters. The van der Waals surface area contributed by atoms with Gasteiger partial charge in [-0.15, -0.1) is 0 Å². The Labute approximate surface area is 126 Å². The minimum atomic E-state index is -0.592. The van der Waals surface area contributed by atoms with E-state index in [9.17, 15) is 14.7 Å². The Hall–Kier alpha value is -1.14. The Morgan fingerprint density at radius 3 is 2.76 bits per heavy atom. The van der Waals surface area contributed by atoms with Crippen molar-refractivity contribution in [3.63, 3.8) is 0 Å². The Morgan fingerprint density at radius 1 is 1.48 bits per heavy atom. The summed E-state index contributed by atoms with van der Waals surface area (Å²) in [5, 5.41) is 12.0. The number of ether oxygens (including phenoxy) is 1. The maximum Gasteiger partial charge on any atom is 0.328 e. The van der Waals surface area contributed by atoms with Gasteiger partial charge in [0.1, 0.15) is 6.04 Å². The molecule has 0 spiro atoms. The highest BCUT2D eigenvalue weighted by atomic mass is 16.5. The van der Waals surface area contributed by atoms with E-state index >= 15 is 0 Å². The molecule has 3 unspecified atom stereocenters. The van der Waals surface area contributed by atoms with E-state index in [0.717, 1.165) is 32.4 Å². The molecule has 0 bridgehead atoms. The molecule has 1 aliphatic heterocycles. The molecule has 0 aromatic rings. The number of aliphatic hydroxyl groups excluding tert-OH is 1. The van der Waals surface area contributed by atoms with Crippen molar-refractivity contribution in [3.05, 3.63) is 0 Å². The van der Waals surface area contributed by atoms with Crippen LogP contribution in [-0.4, -0.2) is 61.3 Å². The zero-order valence-electron chi connectivity index (χ0n) is 13.3. The number of aliphatic hydroxyl groups is 1. The first-order valence-corrected chi connectivity index (χ1v) is 7.72. The molecule has 6 nitrogen and oxygen atoms in total. The first-order valence-electron chi connectivity index (χ1n) is 7.72. The number of methoxy groups -OCH3 is 1. The summed E-state index contributed by atoms with van der Waals surface area (Å²) in [7, 11) is 1.33. The average Bonchev–Trinajstić information content (AvgIpc) is 2.51. The van der Waals surface area contributed by atoms with Crippen LogP contribution < -0.4 is 5.32 Å². The van der Waals surface area contributed by atoms with Crippen LogP contribution in [0.1, 0.15) is 33.1 Å². The number of nitrogens with zero attached hydrogens (tertiary/aromatic N) is 1. The van der Waals surface area contributed by atoms with Crippen LogP contribution in [0.5, 0.6) is 0 Å². The van der Waals surface area contributed by atoms with E-state index in [1.165, 1.54) is 7.11 Å². The summed E-state index contributed by atoms with van der Waals surface area (Å²) < 4.78 is 4.76. The van der Waals surface area contributed by atoms with Crippen LogP contribution in [0, 0.1) is 11.8 Å². The lowest BCUT2D eigenvalue weighted by Gasteiger charge is -2.31. The van der Waals surface area contributed by atoms with Crippen LogP contribution in [0.4, 0.5) is 0 Å². The summed E-state index contributed by atoms with van der Waals surface area (Å²) in [4.78, 5) is 25.9. The Kier molecular flexibility index (Phi) is 7.67. The molecule has 1 fully saturated rings. The molecule has 0 saturated carbocycles. The van der Waals surface area contributed by atoms with E-state index in [4.69, 9.17) is 4.74 Å². The monoisotopic (exact) mass is 300 g/mol. The number of esters is 1. The third-order valence-corrected chi connectivity index (χ3v) is 4.21. The third-order valence-electron chi connectivity index (χ3n) is 4.21. The topological polar surface area (TPSA) is 78.9 Å².